The Kier molecular flexibility index (Phi) is 3.18. The monoisotopic (exact) mass is 208 g/mol. The molecule has 0 spiro atoms. The number of Topliss-reactive ketones (excluding diaryl/α,β-unsaturated/α-hetero) is 1. The summed E-state index contributed by atoms with van der Waals surface area (Å²) in [6.45, 7) is 4.57. The van der Waals surface area contributed by atoms with Gasteiger partial charge in [0, 0.05) is 11.8 Å². The molecule has 0 heterocycles. The quantitative estimate of drug-likeness (QED) is 0.671. The van der Waals surface area contributed by atoms with Crippen LogP contribution in [-0.4, -0.2) is 5.78 Å². The molecule has 0 amide bonds. The van der Waals surface area contributed by atoms with Gasteiger partial charge >= 0.3 is 0 Å². The summed E-state index contributed by atoms with van der Waals surface area (Å²) < 4.78 is 0. The molecule has 0 aliphatic heterocycles. The van der Waals surface area contributed by atoms with E-state index in [0.29, 0.717) is 17.6 Å². The zero-order valence-electron chi connectivity index (χ0n) is 10.2. The Hall–Kier alpha value is -0.330. The van der Waals surface area contributed by atoms with E-state index in [0.717, 1.165) is 6.42 Å². The molecule has 0 saturated heterocycles. The van der Waals surface area contributed by atoms with Crippen molar-refractivity contribution in [2.24, 2.45) is 17.3 Å². The van der Waals surface area contributed by atoms with E-state index in [1.165, 1.54) is 44.9 Å². The summed E-state index contributed by atoms with van der Waals surface area (Å²) >= 11 is 0. The number of carbonyl (C=O) groups excluding carboxylic acids is 1. The second-order valence-corrected chi connectivity index (χ2v) is 6.17. The maximum absolute atomic E-state index is 12.4. The van der Waals surface area contributed by atoms with Crippen molar-refractivity contribution in [1.82, 2.24) is 0 Å². The second kappa shape index (κ2) is 4.27. The van der Waals surface area contributed by atoms with Crippen LogP contribution >= 0.6 is 0 Å². The van der Waals surface area contributed by atoms with Crippen LogP contribution in [-0.2, 0) is 4.79 Å². The fourth-order valence-electron chi connectivity index (χ4n) is 3.53. The van der Waals surface area contributed by atoms with Crippen molar-refractivity contribution in [3.63, 3.8) is 0 Å². The van der Waals surface area contributed by atoms with Crippen molar-refractivity contribution >= 4 is 5.78 Å². The molecule has 2 rings (SSSR count). The molecule has 1 unspecified atom stereocenters. The van der Waals surface area contributed by atoms with Crippen molar-refractivity contribution in [1.29, 1.82) is 0 Å². The molecule has 2 fully saturated rings. The minimum atomic E-state index is 0.286. The summed E-state index contributed by atoms with van der Waals surface area (Å²) in [6, 6.07) is 0. The van der Waals surface area contributed by atoms with Gasteiger partial charge in [-0.3, -0.25) is 4.79 Å². The van der Waals surface area contributed by atoms with E-state index in [1.807, 2.05) is 0 Å². The maximum atomic E-state index is 12.4. The number of hydrogen-bond donors (Lipinski definition) is 0. The molecule has 0 aromatic rings. The first-order chi connectivity index (χ1) is 7.11. The van der Waals surface area contributed by atoms with Gasteiger partial charge in [0.25, 0.3) is 0 Å². The van der Waals surface area contributed by atoms with Crippen LogP contribution in [0.15, 0.2) is 0 Å². The fraction of sp³-hybridized carbons (Fsp3) is 0.929. The predicted molar refractivity (Wildman–Crippen MR) is 62.7 cm³/mol. The van der Waals surface area contributed by atoms with Crippen LogP contribution in [0.4, 0.5) is 0 Å². The summed E-state index contributed by atoms with van der Waals surface area (Å²) in [7, 11) is 0. The molecule has 1 nitrogen and oxygen atoms in total. The Balaban J connectivity index is 2.00. The molecule has 15 heavy (non-hydrogen) atoms. The third-order valence-corrected chi connectivity index (χ3v) is 4.61. The molecule has 1 atom stereocenters. The highest BCUT2D eigenvalue weighted by Crippen LogP contribution is 2.45. The zero-order valence-corrected chi connectivity index (χ0v) is 10.2. The van der Waals surface area contributed by atoms with E-state index < -0.39 is 0 Å². The lowest BCUT2D eigenvalue weighted by molar-refractivity contribution is -0.130. The van der Waals surface area contributed by atoms with Gasteiger partial charge in [0.2, 0.25) is 0 Å². The summed E-state index contributed by atoms with van der Waals surface area (Å²) in [5.41, 5.74) is 0.286. The average molecular weight is 208 g/mol. The molecule has 86 valence electrons. The summed E-state index contributed by atoms with van der Waals surface area (Å²) in [5.74, 6) is 1.40. The van der Waals surface area contributed by atoms with Gasteiger partial charge in [-0.05, 0) is 31.1 Å². The van der Waals surface area contributed by atoms with Gasteiger partial charge in [0.05, 0.1) is 0 Å². The molecule has 0 N–H and O–H groups in total. The minimum Gasteiger partial charge on any atom is -0.299 e. The maximum Gasteiger partial charge on any atom is 0.139 e. The van der Waals surface area contributed by atoms with Gasteiger partial charge in [-0.25, -0.2) is 0 Å². The number of ketones is 1. The fourth-order valence-corrected chi connectivity index (χ4v) is 3.53. The topological polar surface area (TPSA) is 17.1 Å². The van der Waals surface area contributed by atoms with Crippen LogP contribution in [0.25, 0.3) is 0 Å². The van der Waals surface area contributed by atoms with Crippen molar-refractivity contribution < 1.29 is 4.79 Å². The number of hydrogen-bond acceptors (Lipinski definition) is 1. The van der Waals surface area contributed by atoms with E-state index in [2.05, 4.69) is 13.8 Å². The third-order valence-electron chi connectivity index (χ3n) is 4.61. The van der Waals surface area contributed by atoms with Gasteiger partial charge in [0.15, 0.2) is 0 Å². The smallest absolute Gasteiger partial charge is 0.139 e. The first kappa shape index (κ1) is 11.2. The van der Waals surface area contributed by atoms with Crippen LogP contribution in [0.3, 0.4) is 0 Å². The lowest BCUT2D eigenvalue weighted by Crippen LogP contribution is -2.32. The normalized spacial score (nSPS) is 31.7. The zero-order chi connectivity index (χ0) is 10.9. The molecule has 0 aromatic heterocycles. The van der Waals surface area contributed by atoms with E-state index in [9.17, 15) is 4.79 Å². The van der Waals surface area contributed by atoms with Crippen LogP contribution in [0.2, 0.25) is 0 Å². The van der Waals surface area contributed by atoms with Gasteiger partial charge in [-0.2, -0.15) is 0 Å². The molecule has 0 aromatic carbocycles. The SMILES string of the molecule is CC1(C)CCCC1C(=O)C1CCCCC1. The van der Waals surface area contributed by atoms with Crippen molar-refractivity contribution in [3.8, 4) is 0 Å². The molecule has 1 heteroatoms. The Labute approximate surface area is 93.6 Å². The van der Waals surface area contributed by atoms with Crippen molar-refractivity contribution in [3.05, 3.63) is 0 Å². The highest BCUT2D eigenvalue weighted by atomic mass is 16.1. The van der Waals surface area contributed by atoms with Crippen LogP contribution in [0.1, 0.15) is 65.2 Å². The molecule has 2 aliphatic carbocycles. The molecule has 0 radical (unpaired) electrons. The van der Waals surface area contributed by atoms with Gasteiger partial charge in [0.1, 0.15) is 5.78 Å². The van der Waals surface area contributed by atoms with Crippen LogP contribution < -0.4 is 0 Å². The van der Waals surface area contributed by atoms with Crippen LogP contribution in [0, 0.1) is 17.3 Å². The largest absolute Gasteiger partial charge is 0.299 e. The summed E-state index contributed by atoms with van der Waals surface area (Å²) in [5, 5.41) is 0. The summed E-state index contributed by atoms with van der Waals surface area (Å²) in [6.07, 6.45) is 9.91. The van der Waals surface area contributed by atoms with Crippen LogP contribution in [0.5, 0.6) is 0 Å². The number of rotatable bonds is 2. The van der Waals surface area contributed by atoms with Crippen molar-refractivity contribution in [2.75, 3.05) is 0 Å². The highest BCUT2D eigenvalue weighted by Gasteiger charge is 2.41. The lowest BCUT2D eigenvalue weighted by atomic mass is 9.73. The van der Waals surface area contributed by atoms with E-state index in [1.54, 1.807) is 0 Å². The number of carbonyl (C=O) groups is 1. The first-order valence-corrected chi connectivity index (χ1v) is 6.65. The van der Waals surface area contributed by atoms with Crippen molar-refractivity contribution in [2.45, 2.75) is 65.2 Å². The highest BCUT2D eigenvalue weighted by molar-refractivity contribution is 5.84. The third kappa shape index (κ3) is 2.26. The average Bonchev–Trinajstić information content (AvgIpc) is 2.58. The Morgan fingerprint density at radius 1 is 1.00 bits per heavy atom. The Bertz CT molecular complexity index is 236. The Morgan fingerprint density at radius 2 is 1.67 bits per heavy atom. The van der Waals surface area contributed by atoms with Gasteiger partial charge in [-0.1, -0.05) is 39.5 Å². The molecular formula is C14H24O. The van der Waals surface area contributed by atoms with E-state index >= 15 is 0 Å². The minimum absolute atomic E-state index is 0.286. The summed E-state index contributed by atoms with van der Waals surface area (Å²) in [4.78, 5) is 12.4. The van der Waals surface area contributed by atoms with Gasteiger partial charge < -0.3 is 0 Å². The second-order valence-electron chi connectivity index (χ2n) is 6.17. The standard InChI is InChI=1S/C14H24O/c1-14(2)10-6-9-12(14)13(15)11-7-4-3-5-8-11/h11-12H,3-10H2,1-2H3. The van der Waals surface area contributed by atoms with E-state index in [-0.39, 0.29) is 5.41 Å². The van der Waals surface area contributed by atoms with Gasteiger partial charge in [-0.15, -0.1) is 0 Å². The first-order valence-electron chi connectivity index (χ1n) is 6.65. The molecule has 2 saturated carbocycles. The Morgan fingerprint density at radius 3 is 2.20 bits per heavy atom. The molecule has 0 bridgehead atoms. The predicted octanol–water partition coefficient (Wildman–Crippen LogP) is 3.96. The molecular weight excluding hydrogens is 184 g/mol. The molecule has 2 aliphatic rings. The van der Waals surface area contributed by atoms with E-state index in [4.69, 9.17) is 0 Å². The lowest BCUT2D eigenvalue weighted by Gasteiger charge is -2.30.